The summed E-state index contributed by atoms with van der Waals surface area (Å²) in [5.41, 5.74) is 9.45. The number of hydrogen-bond donors (Lipinski definition) is 0. The van der Waals surface area contributed by atoms with Gasteiger partial charge in [0.2, 0.25) is 8.07 Å². The summed E-state index contributed by atoms with van der Waals surface area (Å²) < 4.78 is 7.05. The fraction of sp³-hybridized carbons (Fsp3) is 0.257. The smallest absolute Gasteiger partial charge is 0.307 e. The van der Waals surface area contributed by atoms with Gasteiger partial charge < -0.3 is 9.30 Å². The Hall–Kier alpha value is -4.14. The largest absolute Gasteiger partial charge is 0.466 e. The molecular weight excluding hydrogens is 510 g/mol. The first-order chi connectivity index (χ1) is 19.2. The Balaban J connectivity index is 1.93. The van der Waals surface area contributed by atoms with Crippen LogP contribution in [-0.2, 0) is 16.1 Å². The summed E-state index contributed by atoms with van der Waals surface area (Å²) in [6, 6.07) is 28.7. The first-order valence-electron chi connectivity index (χ1n) is 13.9. The third-order valence-corrected chi connectivity index (χ3v) is 13.1. The molecule has 202 valence electrons. The van der Waals surface area contributed by atoms with Gasteiger partial charge in [-0.3, -0.25) is 9.59 Å². The second-order valence-electron chi connectivity index (χ2n) is 11.3. The van der Waals surface area contributed by atoms with Crippen LogP contribution < -0.4 is 15.9 Å². The van der Waals surface area contributed by atoms with Crippen LogP contribution in [0.15, 0.2) is 89.7 Å². The van der Waals surface area contributed by atoms with Gasteiger partial charge in [0.25, 0.3) is 5.56 Å². The number of carbonyl (C=O) groups is 1. The number of ether oxygens (including phenoxy) is 1. The number of pyridine rings is 1. The van der Waals surface area contributed by atoms with E-state index in [9.17, 15) is 9.59 Å². The summed E-state index contributed by atoms with van der Waals surface area (Å²) in [6.45, 7) is 11.1. The molecule has 0 saturated carbocycles. The molecule has 40 heavy (non-hydrogen) atoms. The van der Waals surface area contributed by atoms with E-state index < -0.39 is 8.07 Å². The van der Waals surface area contributed by atoms with Crippen LogP contribution >= 0.6 is 0 Å². The quantitative estimate of drug-likeness (QED) is 0.183. The van der Waals surface area contributed by atoms with E-state index >= 15 is 0 Å². The molecule has 0 unspecified atom stereocenters. The normalized spacial score (nSPS) is 15.5. The molecule has 1 aliphatic rings. The van der Waals surface area contributed by atoms with E-state index in [1.807, 2.05) is 66.1 Å². The van der Waals surface area contributed by atoms with Gasteiger partial charge in [-0.1, -0.05) is 99.5 Å². The Morgan fingerprint density at radius 2 is 1.55 bits per heavy atom. The molecule has 5 rings (SSSR count). The zero-order valence-electron chi connectivity index (χ0n) is 23.9. The van der Waals surface area contributed by atoms with Crippen LogP contribution in [0.5, 0.6) is 0 Å². The first-order valence-corrected chi connectivity index (χ1v) is 15.9. The number of benzene rings is 3. The number of hydrogen-bond acceptors (Lipinski definition) is 3. The molecular formula is C35H35NO3Si. The van der Waals surface area contributed by atoms with Gasteiger partial charge in [0.05, 0.1) is 18.7 Å². The van der Waals surface area contributed by atoms with E-state index in [0.29, 0.717) is 12.2 Å². The Labute approximate surface area is 237 Å². The van der Waals surface area contributed by atoms with Gasteiger partial charge in [0.1, 0.15) is 0 Å². The van der Waals surface area contributed by atoms with Crippen molar-refractivity contribution in [2.75, 3.05) is 6.61 Å². The topological polar surface area (TPSA) is 48.3 Å². The predicted octanol–water partition coefficient (Wildman–Crippen LogP) is 5.71. The van der Waals surface area contributed by atoms with Crippen LogP contribution in [-0.4, -0.2) is 25.2 Å². The maximum Gasteiger partial charge on any atom is 0.307 e. The van der Waals surface area contributed by atoms with Crippen LogP contribution in [0.25, 0.3) is 22.4 Å². The molecule has 3 aromatic carbocycles. The Bertz CT molecular complexity index is 1690. The monoisotopic (exact) mass is 545 g/mol. The van der Waals surface area contributed by atoms with Crippen molar-refractivity contribution in [2.45, 2.75) is 52.6 Å². The van der Waals surface area contributed by atoms with E-state index in [4.69, 9.17) is 4.74 Å². The zero-order valence-corrected chi connectivity index (χ0v) is 24.9. The van der Waals surface area contributed by atoms with Crippen molar-refractivity contribution >= 4 is 24.4 Å². The van der Waals surface area contributed by atoms with Gasteiger partial charge in [0.15, 0.2) is 0 Å². The Morgan fingerprint density at radius 1 is 0.925 bits per heavy atom. The minimum Gasteiger partial charge on any atom is -0.466 e. The molecule has 0 spiro atoms. The minimum absolute atomic E-state index is 0.0774. The van der Waals surface area contributed by atoms with Crippen molar-refractivity contribution in [3.8, 4) is 33.8 Å². The second-order valence-corrected chi connectivity index (χ2v) is 15.6. The molecule has 0 N–H and O–H groups in total. The SMILES string of the molecule is CCOC(=O)CCn1c(-c2ccccc2)c2c(c(C)c1=O)-c1ccccc1[Si@]2(C#Cc1ccccc1)C(C)(C)C. The van der Waals surface area contributed by atoms with Crippen molar-refractivity contribution < 1.29 is 9.53 Å². The van der Waals surface area contributed by atoms with Gasteiger partial charge in [0, 0.05) is 17.7 Å². The second kappa shape index (κ2) is 10.8. The average molecular weight is 546 g/mol. The summed E-state index contributed by atoms with van der Waals surface area (Å²) in [5, 5.41) is 2.19. The predicted molar refractivity (Wildman–Crippen MR) is 166 cm³/mol. The van der Waals surface area contributed by atoms with Crippen LogP contribution in [0.1, 0.15) is 45.2 Å². The van der Waals surface area contributed by atoms with Gasteiger partial charge in [-0.2, -0.15) is 0 Å². The molecule has 0 aliphatic carbocycles. The summed E-state index contributed by atoms with van der Waals surface area (Å²) in [4.78, 5) is 26.6. The van der Waals surface area contributed by atoms with E-state index in [-0.39, 0.29) is 29.5 Å². The third kappa shape index (κ3) is 4.53. The van der Waals surface area contributed by atoms with Crippen LogP contribution in [0.3, 0.4) is 0 Å². The lowest BCUT2D eigenvalue weighted by Gasteiger charge is -2.39. The fourth-order valence-corrected chi connectivity index (χ4v) is 11.1. The van der Waals surface area contributed by atoms with Gasteiger partial charge >= 0.3 is 5.97 Å². The molecule has 2 heterocycles. The van der Waals surface area contributed by atoms with Crippen LogP contribution in [0.2, 0.25) is 5.04 Å². The maximum atomic E-state index is 14.1. The minimum atomic E-state index is -2.88. The van der Waals surface area contributed by atoms with Crippen LogP contribution in [0, 0.1) is 18.4 Å². The van der Waals surface area contributed by atoms with E-state index in [2.05, 4.69) is 62.6 Å². The number of carbonyl (C=O) groups excluding carboxylic acids is 1. The van der Waals surface area contributed by atoms with E-state index in [1.165, 1.54) is 5.19 Å². The molecule has 0 fully saturated rings. The van der Waals surface area contributed by atoms with Gasteiger partial charge in [-0.05, 0) is 58.1 Å². The highest BCUT2D eigenvalue weighted by Crippen LogP contribution is 2.45. The van der Waals surface area contributed by atoms with E-state index in [1.54, 1.807) is 6.92 Å². The number of nitrogens with zero attached hydrogens (tertiary/aromatic N) is 1. The zero-order chi connectivity index (χ0) is 28.5. The lowest BCUT2D eigenvalue weighted by molar-refractivity contribution is -0.143. The number of fused-ring (bicyclic) bond motifs is 3. The van der Waals surface area contributed by atoms with E-state index in [0.717, 1.165) is 33.1 Å². The molecule has 1 atom stereocenters. The molecule has 0 amide bonds. The summed E-state index contributed by atoms with van der Waals surface area (Å²) in [5.74, 6) is 3.26. The van der Waals surface area contributed by atoms with Crippen molar-refractivity contribution in [3.05, 3.63) is 106 Å². The highest BCUT2D eigenvalue weighted by atomic mass is 28.3. The standard InChI is InChI=1S/C35H35NO3Si/c1-6-39-30(37)21-23-36-32(27-17-11-8-12-18-27)33-31(25(2)34(36)38)28-19-13-14-20-29(28)40(33,35(3,4)5)24-22-26-15-9-7-10-16-26/h7-20H,6,21,23H2,1-5H3/t40-/m0/s1. The number of aromatic nitrogens is 1. The Morgan fingerprint density at radius 3 is 2.20 bits per heavy atom. The van der Waals surface area contributed by atoms with Crippen molar-refractivity contribution in [1.82, 2.24) is 4.57 Å². The van der Waals surface area contributed by atoms with Gasteiger partial charge in [-0.25, -0.2) is 0 Å². The van der Waals surface area contributed by atoms with Gasteiger partial charge in [-0.15, -0.1) is 5.54 Å². The fourth-order valence-electron chi connectivity index (χ4n) is 6.05. The molecule has 5 heteroatoms. The highest BCUT2D eigenvalue weighted by Gasteiger charge is 2.55. The average Bonchev–Trinajstić information content (AvgIpc) is 3.25. The number of esters is 1. The lowest BCUT2D eigenvalue weighted by Crippen LogP contribution is -2.62. The third-order valence-electron chi connectivity index (χ3n) is 7.86. The summed E-state index contributed by atoms with van der Waals surface area (Å²) in [6.07, 6.45) is 0.124. The number of rotatable bonds is 5. The Kier molecular flexibility index (Phi) is 7.40. The first kappa shape index (κ1) is 27.4. The lowest BCUT2D eigenvalue weighted by atomic mass is 9.98. The maximum absolute atomic E-state index is 14.1. The molecule has 0 bridgehead atoms. The summed E-state index contributed by atoms with van der Waals surface area (Å²) in [7, 11) is -2.88. The molecule has 1 aliphatic heterocycles. The van der Waals surface area contributed by atoms with Crippen molar-refractivity contribution in [1.29, 1.82) is 0 Å². The molecule has 0 saturated heterocycles. The molecule has 4 nitrogen and oxygen atoms in total. The molecule has 1 aromatic heterocycles. The molecule has 0 radical (unpaired) electrons. The van der Waals surface area contributed by atoms with Crippen molar-refractivity contribution in [2.24, 2.45) is 0 Å². The van der Waals surface area contributed by atoms with Crippen LogP contribution in [0.4, 0.5) is 0 Å². The van der Waals surface area contributed by atoms with Crippen molar-refractivity contribution in [3.63, 3.8) is 0 Å². The molecule has 4 aromatic rings. The highest BCUT2D eigenvalue weighted by molar-refractivity contribution is 7.13. The summed E-state index contributed by atoms with van der Waals surface area (Å²) >= 11 is 0.